The van der Waals surface area contributed by atoms with E-state index in [2.05, 4.69) is 73.2 Å². The van der Waals surface area contributed by atoms with Crippen molar-refractivity contribution in [3.63, 3.8) is 0 Å². The molecular formula is C25H26N6O. The molecule has 3 aliphatic rings. The van der Waals surface area contributed by atoms with E-state index in [1.54, 1.807) is 12.3 Å². The molecule has 2 fully saturated rings. The summed E-state index contributed by atoms with van der Waals surface area (Å²) in [7, 11) is 2.16. The van der Waals surface area contributed by atoms with Crippen LogP contribution in [-0.4, -0.2) is 65.0 Å². The van der Waals surface area contributed by atoms with Gasteiger partial charge in [0.05, 0.1) is 11.1 Å². The number of hydrogen-bond donors (Lipinski definition) is 2. The van der Waals surface area contributed by atoms with Crippen molar-refractivity contribution in [3.8, 4) is 23.2 Å². The number of H-pyrrole nitrogens is 1. The van der Waals surface area contributed by atoms with Crippen LogP contribution in [0.4, 0.5) is 5.69 Å². The van der Waals surface area contributed by atoms with E-state index in [1.807, 2.05) is 0 Å². The first-order valence-corrected chi connectivity index (χ1v) is 11.3. The number of piperazine rings is 1. The number of aromatic amines is 1. The fraction of sp³-hybridized carbons (Fsp3) is 0.400. The van der Waals surface area contributed by atoms with Gasteiger partial charge in [0.15, 0.2) is 5.65 Å². The molecule has 0 spiro atoms. The van der Waals surface area contributed by atoms with Gasteiger partial charge in [0.25, 0.3) is 5.91 Å². The third kappa shape index (κ3) is 3.41. The van der Waals surface area contributed by atoms with Gasteiger partial charge in [-0.15, -0.1) is 0 Å². The molecule has 3 unspecified atom stereocenters. The number of benzene rings is 1. The number of amides is 1. The number of aromatic nitrogens is 3. The third-order valence-electron chi connectivity index (χ3n) is 7.00. The van der Waals surface area contributed by atoms with E-state index in [4.69, 9.17) is 0 Å². The number of nitrogens with zero attached hydrogens (tertiary/aromatic N) is 4. The van der Waals surface area contributed by atoms with Gasteiger partial charge in [-0.3, -0.25) is 4.79 Å². The second-order valence-corrected chi connectivity index (χ2v) is 9.12. The Morgan fingerprint density at radius 3 is 2.62 bits per heavy atom. The van der Waals surface area contributed by atoms with Gasteiger partial charge >= 0.3 is 0 Å². The second kappa shape index (κ2) is 7.64. The van der Waals surface area contributed by atoms with Gasteiger partial charge in [0.1, 0.15) is 5.82 Å². The van der Waals surface area contributed by atoms with Crippen LogP contribution in [0.2, 0.25) is 0 Å². The molecule has 3 atom stereocenters. The van der Waals surface area contributed by atoms with Crippen LogP contribution in [-0.2, 0) is 0 Å². The lowest BCUT2D eigenvalue weighted by molar-refractivity contribution is 0.0933. The number of anilines is 1. The molecule has 7 heteroatoms. The zero-order chi connectivity index (χ0) is 21.7. The number of fused-ring (bicyclic) bond motifs is 3. The van der Waals surface area contributed by atoms with Crippen LogP contribution >= 0.6 is 0 Å². The van der Waals surface area contributed by atoms with Crippen molar-refractivity contribution >= 4 is 22.8 Å². The molecule has 2 bridgehead atoms. The number of nitrogens with one attached hydrogen (secondary N) is 2. The van der Waals surface area contributed by atoms with Crippen LogP contribution in [0.15, 0.2) is 36.5 Å². The molecule has 1 aliphatic heterocycles. The molecule has 6 rings (SSSR count). The maximum atomic E-state index is 13.0. The van der Waals surface area contributed by atoms with Gasteiger partial charge in [-0.2, -0.15) is 0 Å². The molecule has 1 aromatic carbocycles. The smallest absolute Gasteiger partial charge is 0.253 e. The van der Waals surface area contributed by atoms with Crippen molar-refractivity contribution in [3.05, 3.63) is 42.1 Å². The van der Waals surface area contributed by atoms with Gasteiger partial charge in [0.2, 0.25) is 0 Å². The van der Waals surface area contributed by atoms with E-state index in [1.165, 1.54) is 5.69 Å². The van der Waals surface area contributed by atoms with Crippen molar-refractivity contribution < 1.29 is 4.79 Å². The lowest BCUT2D eigenvalue weighted by Gasteiger charge is -2.34. The Morgan fingerprint density at radius 2 is 1.91 bits per heavy atom. The summed E-state index contributed by atoms with van der Waals surface area (Å²) in [5.74, 6) is 7.87. The highest BCUT2D eigenvalue weighted by molar-refractivity contribution is 6.04. The SMILES string of the molecule is CN1CCN(c2ccc(-c3nc4nccc(C(=O)NC5CC6C#CC5C6)c4[nH]3)cc2)CC1. The predicted molar refractivity (Wildman–Crippen MR) is 124 cm³/mol. The fourth-order valence-electron chi connectivity index (χ4n) is 5.08. The first-order chi connectivity index (χ1) is 15.6. The van der Waals surface area contributed by atoms with Gasteiger partial charge in [-0.25, -0.2) is 9.97 Å². The number of carbonyl (C=O) groups excluding carboxylic acids is 1. The van der Waals surface area contributed by atoms with Gasteiger partial charge in [-0.05, 0) is 50.2 Å². The summed E-state index contributed by atoms with van der Waals surface area (Å²) in [5.41, 5.74) is 4.03. The van der Waals surface area contributed by atoms with Gasteiger partial charge in [0, 0.05) is 61.5 Å². The molecule has 162 valence electrons. The van der Waals surface area contributed by atoms with Crippen LogP contribution in [0.3, 0.4) is 0 Å². The highest BCUT2D eigenvalue weighted by Crippen LogP contribution is 2.35. The topological polar surface area (TPSA) is 77.2 Å². The molecule has 32 heavy (non-hydrogen) atoms. The first-order valence-electron chi connectivity index (χ1n) is 11.3. The molecule has 2 N–H and O–H groups in total. The molecule has 1 saturated carbocycles. The number of imidazole rings is 1. The normalized spacial score (nSPS) is 24.5. The minimum atomic E-state index is -0.0858. The van der Waals surface area contributed by atoms with Gasteiger partial charge < -0.3 is 20.1 Å². The zero-order valence-electron chi connectivity index (χ0n) is 18.1. The standard InChI is InChI=1S/C25H26N6O/c1-30-10-12-31(13-11-30)19-6-4-17(5-7-19)23-28-22-20(8-9-26-24(22)29-23)25(32)27-21-15-16-2-3-18(21)14-16/h4-9,16,18,21H,10-15H2,1H3,(H,27,32)(H,26,28,29). The second-order valence-electron chi connectivity index (χ2n) is 9.12. The van der Waals surface area contributed by atoms with Crippen molar-refractivity contribution in [1.82, 2.24) is 25.2 Å². The van der Waals surface area contributed by atoms with E-state index in [0.717, 1.165) is 50.4 Å². The summed E-state index contributed by atoms with van der Waals surface area (Å²) in [5, 5.41) is 3.19. The lowest BCUT2D eigenvalue weighted by Crippen LogP contribution is -2.44. The zero-order valence-corrected chi connectivity index (χ0v) is 18.1. The molecule has 3 heterocycles. The van der Waals surface area contributed by atoms with E-state index in [-0.39, 0.29) is 17.9 Å². The summed E-state index contributed by atoms with van der Waals surface area (Å²) in [6.45, 7) is 4.24. The van der Waals surface area contributed by atoms with Crippen molar-refractivity contribution in [1.29, 1.82) is 0 Å². The van der Waals surface area contributed by atoms with Crippen LogP contribution in [0.5, 0.6) is 0 Å². The average molecular weight is 427 g/mol. The number of carbonyl (C=O) groups is 1. The number of hydrogen-bond acceptors (Lipinski definition) is 5. The minimum absolute atomic E-state index is 0.0858. The molecule has 7 nitrogen and oxygen atoms in total. The molecule has 0 radical (unpaired) electrons. The molecule has 1 saturated heterocycles. The molecule has 1 amide bonds. The Labute approximate surface area is 187 Å². The maximum absolute atomic E-state index is 13.0. The lowest BCUT2D eigenvalue weighted by atomic mass is 10.0. The van der Waals surface area contributed by atoms with Crippen LogP contribution < -0.4 is 10.2 Å². The Kier molecular flexibility index (Phi) is 4.62. The predicted octanol–water partition coefficient (Wildman–Crippen LogP) is 2.52. The highest BCUT2D eigenvalue weighted by atomic mass is 16.1. The third-order valence-corrected chi connectivity index (χ3v) is 7.00. The Morgan fingerprint density at radius 1 is 1.09 bits per heavy atom. The minimum Gasteiger partial charge on any atom is -0.369 e. The van der Waals surface area contributed by atoms with Gasteiger partial charge in [-0.1, -0.05) is 11.8 Å². The molecule has 3 aromatic rings. The Hall–Kier alpha value is -3.37. The summed E-state index contributed by atoms with van der Waals surface area (Å²) >= 11 is 0. The van der Waals surface area contributed by atoms with Crippen molar-refractivity contribution in [2.75, 3.05) is 38.1 Å². The number of likely N-dealkylation sites (N-methyl/N-ethyl adjacent to an activating group) is 1. The summed E-state index contributed by atoms with van der Waals surface area (Å²) in [4.78, 5) is 30.2. The Bertz CT molecular complexity index is 1230. The van der Waals surface area contributed by atoms with Crippen LogP contribution in [0.1, 0.15) is 23.2 Å². The van der Waals surface area contributed by atoms with E-state index in [9.17, 15) is 4.79 Å². The van der Waals surface area contributed by atoms with Crippen molar-refractivity contribution in [2.45, 2.75) is 18.9 Å². The summed E-state index contributed by atoms with van der Waals surface area (Å²) in [6, 6.07) is 10.4. The van der Waals surface area contributed by atoms with Crippen LogP contribution in [0.25, 0.3) is 22.6 Å². The largest absolute Gasteiger partial charge is 0.369 e. The molecule has 2 aromatic heterocycles. The number of pyridine rings is 1. The van der Waals surface area contributed by atoms with Crippen LogP contribution in [0, 0.1) is 23.7 Å². The maximum Gasteiger partial charge on any atom is 0.253 e. The number of rotatable bonds is 4. The summed E-state index contributed by atoms with van der Waals surface area (Å²) < 4.78 is 0. The first kappa shape index (κ1) is 19.3. The fourth-order valence-corrected chi connectivity index (χ4v) is 5.08. The van der Waals surface area contributed by atoms with Crippen molar-refractivity contribution in [2.24, 2.45) is 11.8 Å². The monoisotopic (exact) mass is 426 g/mol. The summed E-state index contributed by atoms with van der Waals surface area (Å²) in [6.07, 6.45) is 3.65. The van der Waals surface area contributed by atoms with E-state index >= 15 is 0 Å². The quantitative estimate of drug-likeness (QED) is 0.627. The van der Waals surface area contributed by atoms with E-state index < -0.39 is 0 Å². The highest BCUT2D eigenvalue weighted by Gasteiger charge is 2.37. The molecular weight excluding hydrogens is 400 g/mol. The van der Waals surface area contributed by atoms with E-state index in [0.29, 0.717) is 22.6 Å². The molecule has 2 aliphatic carbocycles. The Balaban J connectivity index is 1.23. The average Bonchev–Trinajstić information content (AvgIpc) is 3.55.